The molecule has 3 heterocycles. The Morgan fingerprint density at radius 1 is 1.12 bits per heavy atom. The first-order chi connectivity index (χ1) is 16.1. The van der Waals surface area contributed by atoms with Gasteiger partial charge in [-0.2, -0.15) is 5.10 Å². The number of aromatic nitrogens is 2. The second-order valence-electron chi connectivity index (χ2n) is 7.67. The fourth-order valence-corrected chi connectivity index (χ4v) is 4.47. The van der Waals surface area contributed by atoms with Crippen LogP contribution in [-0.4, -0.2) is 31.8 Å². The van der Waals surface area contributed by atoms with E-state index in [4.69, 9.17) is 0 Å². The number of thiazole rings is 1. The summed E-state index contributed by atoms with van der Waals surface area (Å²) in [7, 11) is 0. The van der Waals surface area contributed by atoms with Crippen LogP contribution in [0.4, 0.5) is 10.5 Å². The van der Waals surface area contributed by atoms with E-state index in [-0.39, 0.29) is 11.8 Å². The molecule has 0 fully saturated rings. The van der Waals surface area contributed by atoms with Crippen LogP contribution in [0.25, 0.3) is 11.3 Å². The summed E-state index contributed by atoms with van der Waals surface area (Å²) < 4.78 is 0. The Hall–Kier alpha value is -4.04. The van der Waals surface area contributed by atoms with E-state index in [9.17, 15) is 9.90 Å². The number of phenols is 1. The fourth-order valence-electron chi connectivity index (χ4n) is 3.85. The number of aromatic hydroxyl groups is 1. The van der Waals surface area contributed by atoms with E-state index in [0.29, 0.717) is 17.7 Å². The molecule has 0 saturated carbocycles. The summed E-state index contributed by atoms with van der Waals surface area (Å²) in [6, 6.07) is 17.5. The largest absolute Gasteiger partial charge is 0.508 e. The number of benzene rings is 2. The van der Waals surface area contributed by atoms with E-state index in [1.807, 2.05) is 60.8 Å². The second-order valence-corrected chi connectivity index (χ2v) is 8.74. The predicted octanol–water partition coefficient (Wildman–Crippen LogP) is 5.60. The number of hydrogen-bond donors (Lipinski definition) is 2. The molecule has 8 heteroatoms. The summed E-state index contributed by atoms with van der Waals surface area (Å²) in [5, 5.41) is 22.4. The van der Waals surface area contributed by atoms with Gasteiger partial charge >= 0.3 is 6.03 Å². The van der Waals surface area contributed by atoms with Gasteiger partial charge in [-0.15, -0.1) is 11.3 Å². The number of nitrogens with one attached hydrogen (secondary N) is 1. The maximum Gasteiger partial charge on any atom is 0.342 e. The van der Waals surface area contributed by atoms with Gasteiger partial charge in [0.2, 0.25) is 0 Å². The molecular formula is C25H21N5O2S. The Bertz CT molecular complexity index is 1340. The van der Waals surface area contributed by atoms with Crippen LogP contribution >= 0.6 is 11.3 Å². The first kappa shape index (κ1) is 20.8. The minimum atomic E-state index is -0.439. The lowest BCUT2D eigenvalue weighted by molar-refractivity contribution is 0.199. The van der Waals surface area contributed by atoms with Crippen molar-refractivity contribution in [2.75, 3.05) is 5.32 Å². The van der Waals surface area contributed by atoms with Crippen molar-refractivity contribution < 1.29 is 9.90 Å². The number of urea groups is 1. The lowest BCUT2D eigenvalue weighted by atomic mass is 9.98. The van der Waals surface area contributed by atoms with Gasteiger partial charge in [0.1, 0.15) is 5.75 Å². The molecule has 5 rings (SSSR count). The molecule has 2 N–H and O–H groups in total. The van der Waals surface area contributed by atoms with E-state index in [1.54, 1.807) is 35.9 Å². The number of para-hydroxylation sites is 1. The zero-order valence-corrected chi connectivity index (χ0v) is 18.7. The minimum Gasteiger partial charge on any atom is -0.508 e. The molecule has 1 aliphatic heterocycles. The fraction of sp³-hybridized carbons (Fsp3) is 0.120. The monoisotopic (exact) mass is 455 g/mol. The lowest BCUT2D eigenvalue weighted by Crippen LogP contribution is -2.31. The molecule has 1 atom stereocenters. The summed E-state index contributed by atoms with van der Waals surface area (Å²) in [4.78, 5) is 22.0. The Morgan fingerprint density at radius 2 is 1.97 bits per heavy atom. The number of carbonyl (C=O) groups excluding carboxylic acids is 1. The van der Waals surface area contributed by atoms with Crippen LogP contribution in [0.2, 0.25) is 0 Å². The van der Waals surface area contributed by atoms with Crippen LogP contribution in [0, 0.1) is 6.92 Å². The molecule has 1 unspecified atom stereocenters. The number of hydrogen-bond acceptors (Lipinski definition) is 6. The summed E-state index contributed by atoms with van der Waals surface area (Å²) in [6.07, 6.45) is 3.89. The van der Waals surface area contributed by atoms with E-state index < -0.39 is 6.04 Å². The zero-order chi connectivity index (χ0) is 22.8. The number of amides is 2. The molecule has 0 bridgehead atoms. The van der Waals surface area contributed by atoms with Gasteiger partial charge < -0.3 is 10.4 Å². The van der Waals surface area contributed by atoms with Gasteiger partial charge in [-0.25, -0.2) is 14.8 Å². The first-order valence-electron chi connectivity index (χ1n) is 10.5. The Kier molecular flexibility index (Phi) is 5.58. The maximum absolute atomic E-state index is 13.3. The topological polar surface area (TPSA) is 90.7 Å². The van der Waals surface area contributed by atoms with Crippen LogP contribution in [0.5, 0.6) is 5.75 Å². The maximum atomic E-state index is 13.3. The van der Waals surface area contributed by atoms with Crippen molar-refractivity contribution in [1.82, 2.24) is 15.0 Å². The van der Waals surface area contributed by atoms with Gasteiger partial charge in [0.05, 0.1) is 22.5 Å². The van der Waals surface area contributed by atoms with E-state index in [0.717, 1.165) is 27.5 Å². The van der Waals surface area contributed by atoms with Crippen LogP contribution in [0.3, 0.4) is 0 Å². The standard InChI is InChI=1S/C25H21N5O2S/c1-16-27-22(15-33-16)17-6-4-8-19(12-17)28-25(32)30-23(20-9-2-3-10-24(20)31)13-21(29-30)18-7-5-11-26-14-18/h2-12,14-15,23,31H,13H2,1H3,(H,28,32). The number of anilines is 1. The average Bonchev–Trinajstić information content (AvgIpc) is 3.47. The highest BCUT2D eigenvalue weighted by Crippen LogP contribution is 2.37. The molecule has 2 aromatic heterocycles. The number of carbonyl (C=O) groups is 1. The Labute approximate surface area is 195 Å². The van der Waals surface area contributed by atoms with Crippen molar-refractivity contribution in [3.8, 4) is 17.0 Å². The molecule has 7 nitrogen and oxygen atoms in total. The number of rotatable bonds is 4. The highest BCUT2D eigenvalue weighted by Gasteiger charge is 2.34. The van der Waals surface area contributed by atoms with Gasteiger partial charge in [0, 0.05) is 46.6 Å². The molecule has 4 aromatic rings. The molecule has 164 valence electrons. The third kappa shape index (κ3) is 4.33. The van der Waals surface area contributed by atoms with Crippen LogP contribution in [0.1, 0.15) is 28.6 Å². The van der Waals surface area contributed by atoms with Gasteiger partial charge in [-0.3, -0.25) is 4.98 Å². The molecule has 0 spiro atoms. The number of nitrogens with zero attached hydrogens (tertiary/aromatic N) is 4. The van der Waals surface area contributed by atoms with E-state index in [2.05, 4.69) is 20.4 Å². The van der Waals surface area contributed by atoms with Crippen molar-refractivity contribution in [2.24, 2.45) is 5.10 Å². The quantitative estimate of drug-likeness (QED) is 0.419. The normalized spacial score (nSPS) is 15.4. The van der Waals surface area contributed by atoms with Crippen molar-refractivity contribution in [1.29, 1.82) is 0 Å². The summed E-state index contributed by atoms with van der Waals surface area (Å²) in [6.45, 7) is 1.96. The summed E-state index contributed by atoms with van der Waals surface area (Å²) >= 11 is 1.58. The summed E-state index contributed by atoms with van der Waals surface area (Å²) in [5.74, 6) is 0.129. The van der Waals surface area contributed by atoms with E-state index in [1.165, 1.54) is 5.01 Å². The Morgan fingerprint density at radius 3 is 2.73 bits per heavy atom. The third-order valence-electron chi connectivity index (χ3n) is 5.44. The van der Waals surface area contributed by atoms with Crippen LogP contribution in [-0.2, 0) is 0 Å². The molecular weight excluding hydrogens is 434 g/mol. The van der Waals surface area contributed by atoms with Crippen LogP contribution < -0.4 is 5.32 Å². The predicted molar refractivity (Wildman–Crippen MR) is 129 cm³/mol. The van der Waals surface area contributed by atoms with Gasteiger partial charge in [0.15, 0.2) is 0 Å². The highest BCUT2D eigenvalue weighted by atomic mass is 32.1. The molecule has 0 aliphatic carbocycles. The van der Waals surface area contributed by atoms with Crippen molar-refractivity contribution >= 4 is 28.8 Å². The number of hydrazone groups is 1. The van der Waals surface area contributed by atoms with Gasteiger partial charge in [-0.1, -0.05) is 36.4 Å². The first-order valence-corrected chi connectivity index (χ1v) is 11.3. The third-order valence-corrected chi connectivity index (χ3v) is 6.21. The molecule has 1 aliphatic rings. The number of aryl methyl sites for hydroxylation is 1. The van der Waals surface area contributed by atoms with Gasteiger partial charge in [0.25, 0.3) is 0 Å². The number of pyridine rings is 1. The zero-order valence-electron chi connectivity index (χ0n) is 17.8. The number of phenolic OH excluding ortho intramolecular Hbond substituents is 1. The molecule has 33 heavy (non-hydrogen) atoms. The lowest BCUT2D eigenvalue weighted by Gasteiger charge is -2.23. The summed E-state index contributed by atoms with van der Waals surface area (Å²) in [5.41, 5.74) is 4.66. The Balaban J connectivity index is 1.45. The molecule has 2 aromatic carbocycles. The van der Waals surface area contributed by atoms with E-state index >= 15 is 0 Å². The molecule has 0 radical (unpaired) electrons. The molecule has 0 saturated heterocycles. The van der Waals surface area contributed by atoms with Crippen LogP contribution in [0.15, 0.2) is 83.5 Å². The van der Waals surface area contributed by atoms with Crippen molar-refractivity contribution in [3.05, 3.63) is 94.6 Å². The SMILES string of the molecule is Cc1nc(-c2cccc(NC(=O)N3N=C(c4cccnc4)CC3c3ccccc3O)c2)cs1. The average molecular weight is 456 g/mol. The van der Waals surface area contributed by atoms with Crippen molar-refractivity contribution in [2.45, 2.75) is 19.4 Å². The highest BCUT2D eigenvalue weighted by molar-refractivity contribution is 7.09. The smallest absolute Gasteiger partial charge is 0.342 e. The minimum absolute atomic E-state index is 0.129. The molecule has 2 amide bonds. The second kappa shape index (κ2) is 8.84. The van der Waals surface area contributed by atoms with Crippen molar-refractivity contribution in [3.63, 3.8) is 0 Å². The van der Waals surface area contributed by atoms with Gasteiger partial charge in [-0.05, 0) is 31.2 Å².